The van der Waals surface area contributed by atoms with Gasteiger partial charge in [0.05, 0.1) is 12.7 Å². The van der Waals surface area contributed by atoms with E-state index in [9.17, 15) is 14.0 Å². The number of ether oxygens (including phenoxy) is 1. The molecule has 0 radical (unpaired) electrons. The van der Waals surface area contributed by atoms with Crippen molar-refractivity contribution in [1.82, 2.24) is 5.32 Å². The molecule has 1 aromatic carbocycles. The number of carbonyl (C=O) groups is 2. The van der Waals surface area contributed by atoms with Crippen LogP contribution < -0.4 is 10.6 Å². The van der Waals surface area contributed by atoms with Crippen molar-refractivity contribution < 1.29 is 18.7 Å². The van der Waals surface area contributed by atoms with E-state index in [0.29, 0.717) is 5.69 Å². The second-order valence-electron chi connectivity index (χ2n) is 4.70. The molecule has 0 bridgehead atoms. The van der Waals surface area contributed by atoms with Gasteiger partial charge in [-0.1, -0.05) is 0 Å². The molecule has 2 rings (SSSR count). The van der Waals surface area contributed by atoms with Gasteiger partial charge in [0.1, 0.15) is 5.82 Å². The summed E-state index contributed by atoms with van der Waals surface area (Å²) in [4.78, 5) is 23.4. The monoisotopic (exact) mass is 280 g/mol. The van der Waals surface area contributed by atoms with Crippen molar-refractivity contribution in [2.45, 2.75) is 12.8 Å². The number of hydrogen-bond donors (Lipinski definition) is 2. The minimum absolute atomic E-state index is 0.0529. The normalized spacial score (nSPS) is 15.7. The minimum atomic E-state index is -0.763. The molecule has 1 amide bonds. The molecule has 0 saturated carbocycles. The lowest BCUT2D eigenvalue weighted by atomic mass is 9.97. The Kier molecular flexibility index (Phi) is 4.68. The summed E-state index contributed by atoms with van der Waals surface area (Å²) >= 11 is 0. The first-order valence-corrected chi connectivity index (χ1v) is 6.51. The van der Waals surface area contributed by atoms with Gasteiger partial charge >= 0.3 is 5.97 Å². The smallest absolute Gasteiger partial charge is 0.340 e. The number of piperidine rings is 1. The zero-order valence-corrected chi connectivity index (χ0v) is 11.2. The van der Waals surface area contributed by atoms with Crippen LogP contribution in [0.15, 0.2) is 18.2 Å². The molecule has 2 N–H and O–H groups in total. The third-order valence-electron chi connectivity index (χ3n) is 3.35. The first-order chi connectivity index (χ1) is 9.61. The Hall–Kier alpha value is -1.95. The minimum Gasteiger partial charge on any atom is -0.465 e. The number of hydrogen-bond acceptors (Lipinski definition) is 4. The molecule has 0 aliphatic carbocycles. The summed E-state index contributed by atoms with van der Waals surface area (Å²) in [5.74, 6) is -1.59. The fourth-order valence-corrected chi connectivity index (χ4v) is 2.20. The van der Waals surface area contributed by atoms with Gasteiger partial charge in [0.2, 0.25) is 5.91 Å². The van der Waals surface area contributed by atoms with E-state index >= 15 is 0 Å². The molecule has 0 spiro atoms. The van der Waals surface area contributed by atoms with Crippen LogP contribution in [-0.4, -0.2) is 32.1 Å². The summed E-state index contributed by atoms with van der Waals surface area (Å²) in [6, 6.07) is 3.87. The lowest BCUT2D eigenvalue weighted by Gasteiger charge is -2.21. The van der Waals surface area contributed by atoms with Gasteiger partial charge in [-0.25, -0.2) is 9.18 Å². The SMILES string of the molecule is COC(=O)c1cc(NC(=O)C2CCNCC2)ccc1F. The Morgan fingerprint density at radius 3 is 2.70 bits per heavy atom. The van der Waals surface area contributed by atoms with Crippen LogP contribution >= 0.6 is 0 Å². The predicted octanol–water partition coefficient (Wildman–Crippen LogP) is 1.55. The fraction of sp³-hybridized carbons (Fsp3) is 0.429. The number of nitrogens with one attached hydrogen (secondary N) is 2. The van der Waals surface area contributed by atoms with Crippen LogP contribution in [0.25, 0.3) is 0 Å². The summed E-state index contributed by atoms with van der Waals surface area (Å²) in [5.41, 5.74) is 0.214. The number of rotatable bonds is 3. The second kappa shape index (κ2) is 6.47. The van der Waals surface area contributed by atoms with Crippen LogP contribution in [0, 0.1) is 11.7 Å². The van der Waals surface area contributed by atoms with Crippen LogP contribution in [0.2, 0.25) is 0 Å². The highest BCUT2D eigenvalue weighted by Gasteiger charge is 2.21. The van der Waals surface area contributed by atoms with Crippen LogP contribution in [0.3, 0.4) is 0 Å². The van der Waals surface area contributed by atoms with E-state index in [2.05, 4.69) is 15.4 Å². The molecule has 20 heavy (non-hydrogen) atoms. The van der Waals surface area contributed by atoms with Crippen LogP contribution in [-0.2, 0) is 9.53 Å². The molecule has 108 valence electrons. The zero-order valence-electron chi connectivity index (χ0n) is 11.2. The lowest BCUT2D eigenvalue weighted by molar-refractivity contribution is -0.120. The van der Waals surface area contributed by atoms with Gasteiger partial charge in [0.15, 0.2) is 0 Å². The summed E-state index contributed by atoms with van der Waals surface area (Å²) in [7, 11) is 1.18. The molecule has 1 fully saturated rings. The molecule has 1 aromatic rings. The molecular weight excluding hydrogens is 263 g/mol. The lowest BCUT2D eigenvalue weighted by Crippen LogP contribution is -2.34. The maximum Gasteiger partial charge on any atom is 0.340 e. The van der Waals surface area contributed by atoms with Crippen molar-refractivity contribution in [3.63, 3.8) is 0 Å². The fourth-order valence-electron chi connectivity index (χ4n) is 2.20. The molecule has 6 heteroatoms. The number of halogens is 1. The van der Waals surface area contributed by atoms with E-state index in [1.165, 1.54) is 19.2 Å². The maximum absolute atomic E-state index is 13.5. The summed E-state index contributed by atoms with van der Waals surface area (Å²) in [6.45, 7) is 1.63. The molecule has 0 unspecified atom stereocenters. The van der Waals surface area contributed by atoms with Crippen molar-refractivity contribution in [2.75, 3.05) is 25.5 Å². The molecule has 5 nitrogen and oxygen atoms in total. The van der Waals surface area contributed by atoms with Gasteiger partial charge in [0.25, 0.3) is 0 Å². The van der Waals surface area contributed by atoms with E-state index < -0.39 is 11.8 Å². The van der Waals surface area contributed by atoms with E-state index in [0.717, 1.165) is 32.0 Å². The highest BCUT2D eigenvalue weighted by molar-refractivity contribution is 5.95. The van der Waals surface area contributed by atoms with E-state index in [-0.39, 0.29) is 17.4 Å². The number of methoxy groups -OCH3 is 1. The number of anilines is 1. The van der Waals surface area contributed by atoms with Crippen molar-refractivity contribution in [3.05, 3.63) is 29.6 Å². The Bertz CT molecular complexity index is 513. The molecule has 0 aromatic heterocycles. The topological polar surface area (TPSA) is 67.4 Å². The van der Waals surface area contributed by atoms with Crippen molar-refractivity contribution in [2.24, 2.45) is 5.92 Å². The summed E-state index contributed by atoms with van der Waals surface area (Å²) < 4.78 is 18.0. The van der Waals surface area contributed by atoms with Gasteiger partial charge < -0.3 is 15.4 Å². The first-order valence-electron chi connectivity index (χ1n) is 6.51. The average Bonchev–Trinajstić information content (AvgIpc) is 2.49. The molecule has 1 aliphatic heterocycles. The van der Waals surface area contributed by atoms with E-state index in [4.69, 9.17) is 0 Å². The van der Waals surface area contributed by atoms with Crippen LogP contribution in [0.1, 0.15) is 23.2 Å². The van der Waals surface area contributed by atoms with Gasteiger partial charge in [-0.05, 0) is 44.1 Å². The molecule has 1 heterocycles. The molecule has 1 aliphatic rings. The third kappa shape index (κ3) is 3.33. The average molecular weight is 280 g/mol. The Morgan fingerprint density at radius 2 is 2.05 bits per heavy atom. The van der Waals surface area contributed by atoms with Gasteiger partial charge in [-0.15, -0.1) is 0 Å². The highest BCUT2D eigenvalue weighted by Crippen LogP contribution is 2.19. The Morgan fingerprint density at radius 1 is 1.35 bits per heavy atom. The first kappa shape index (κ1) is 14.5. The zero-order chi connectivity index (χ0) is 14.5. The maximum atomic E-state index is 13.5. The van der Waals surface area contributed by atoms with Crippen LogP contribution in [0.4, 0.5) is 10.1 Å². The molecule has 0 atom stereocenters. The third-order valence-corrected chi connectivity index (χ3v) is 3.35. The van der Waals surface area contributed by atoms with Crippen molar-refractivity contribution in [3.8, 4) is 0 Å². The van der Waals surface area contributed by atoms with Gasteiger partial charge in [-0.2, -0.15) is 0 Å². The van der Waals surface area contributed by atoms with Crippen LogP contribution in [0.5, 0.6) is 0 Å². The summed E-state index contributed by atoms with van der Waals surface area (Å²) in [6.07, 6.45) is 1.55. The predicted molar refractivity (Wildman–Crippen MR) is 72.0 cm³/mol. The molecule has 1 saturated heterocycles. The van der Waals surface area contributed by atoms with E-state index in [1.807, 2.05) is 0 Å². The number of benzene rings is 1. The second-order valence-corrected chi connectivity index (χ2v) is 4.70. The number of carbonyl (C=O) groups excluding carboxylic acids is 2. The highest BCUT2D eigenvalue weighted by atomic mass is 19.1. The number of amides is 1. The largest absolute Gasteiger partial charge is 0.465 e. The summed E-state index contributed by atoms with van der Waals surface area (Å²) in [5, 5.41) is 5.90. The van der Waals surface area contributed by atoms with Gasteiger partial charge in [-0.3, -0.25) is 4.79 Å². The Labute approximate surface area is 116 Å². The number of esters is 1. The Balaban J connectivity index is 2.09. The quantitative estimate of drug-likeness (QED) is 0.824. The van der Waals surface area contributed by atoms with Crippen molar-refractivity contribution in [1.29, 1.82) is 0 Å². The standard InChI is InChI=1S/C14H17FN2O3/c1-20-14(19)11-8-10(2-3-12(11)15)17-13(18)9-4-6-16-7-5-9/h2-3,8-9,16H,4-7H2,1H3,(H,17,18). The van der Waals surface area contributed by atoms with Gasteiger partial charge in [0, 0.05) is 11.6 Å². The molecular formula is C14H17FN2O3. The van der Waals surface area contributed by atoms with Crippen molar-refractivity contribution >= 4 is 17.6 Å². The van der Waals surface area contributed by atoms with E-state index in [1.54, 1.807) is 0 Å².